The van der Waals surface area contributed by atoms with Crippen LogP contribution < -0.4 is 5.43 Å². The van der Waals surface area contributed by atoms with Gasteiger partial charge in [0, 0.05) is 19.3 Å². The van der Waals surface area contributed by atoms with Crippen LogP contribution in [0.3, 0.4) is 0 Å². The first-order chi connectivity index (χ1) is 12.2. The number of benzene rings is 2. The average Bonchev–Trinajstić information content (AvgIpc) is 2.67. The van der Waals surface area contributed by atoms with E-state index in [1.165, 1.54) is 0 Å². The Labute approximate surface area is 146 Å². The summed E-state index contributed by atoms with van der Waals surface area (Å²) in [6, 6.07) is 17.6. The van der Waals surface area contributed by atoms with Crippen LogP contribution >= 0.6 is 0 Å². The van der Waals surface area contributed by atoms with E-state index in [1.807, 2.05) is 54.6 Å². The smallest absolute Gasteiger partial charge is 0.306 e. The fourth-order valence-corrected chi connectivity index (χ4v) is 2.60. The molecule has 2 aromatic carbocycles. The van der Waals surface area contributed by atoms with Crippen LogP contribution in [0.1, 0.15) is 36.0 Å². The third-order valence-electron chi connectivity index (χ3n) is 4.05. The summed E-state index contributed by atoms with van der Waals surface area (Å²) in [4.78, 5) is 23.0. The fraction of sp³-hybridized carbons (Fsp3) is 0.250. The zero-order chi connectivity index (χ0) is 17.5. The van der Waals surface area contributed by atoms with Gasteiger partial charge in [-0.2, -0.15) is 5.10 Å². The monoisotopic (exact) mass is 336 g/mol. The van der Waals surface area contributed by atoms with Crippen molar-refractivity contribution in [2.75, 3.05) is 0 Å². The molecule has 5 heteroatoms. The summed E-state index contributed by atoms with van der Waals surface area (Å²) in [5, 5.41) is 4.07. The zero-order valence-electron chi connectivity index (χ0n) is 13.9. The van der Waals surface area contributed by atoms with E-state index < -0.39 is 0 Å². The maximum absolute atomic E-state index is 11.9. The minimum absolute atomic E-state index is 0.0530. The Hall–Kier alpha value is -2.95. The molecule has 0 radical (unpaired) electrons. The lowest BCUT2D eigenvalue weighted by Gasteiger charge is -2.12. The van der Waals surface area contributed by atoms with Crippen LogP contribution in [0.4, 0.5) is 0 Å². The molecule has 0 atom stereocenters. The number of rotatable bonds is 6. The van der Waals surface area contributed by atoms with Gasteiger partial charge in [0.05, 0.1) is 5.71 Å². The molecule has 0 aliphatic carbocycles. The van der Waals surface area contributed by atoms with Crippen LogP contribution in [0.2, 0.25) is 0 Å². The van der Waals surface area contributed by atoms with Crippen molar-refractivity contribution in [1.29, 1.82) is 0 Å². The standard InChI is InChI=1S/C20H20N2O3/c23-19-12-11-18(21-22-19)17-9-6-16(7-10-17)14-25-20(24)13-8-15-4-2-1-3-5-15/h1-7,9-10H,8,11-14H2,(H,22,23). The lowest BCUT2D eigenvalue weighted by Crippen LogP contribution is -2.25. The first-order valence-corrected chi connectivity index (χ1v) is 8.35. The Morgan fingerprint density at radius 2 is 1.76 bits per heavy atom. The summed E-state index contributed by atoms with van der Waals surface area (Å²) in [5.41, 5.74) is 6.39. The molecule has 1 amide bonds. The number of carbonyl (C=O) groups is 2. The summed E-state index contributed by atoms with van der Waals surface area (Å²) >= 11 is 0. The van der Waals surface area contributed by atoms with E-state index in [0.29, 0.717) is 25.7 Å². The number of aryl methyl sites for hydroxylation is 1. The highest BCUT2D eigenvalue weighted by Crippen LogP contribution is 2.12. The molecular formula is C20H20N2O3. The first kappa shape index (κ1) is 16.9. The van der Waals surface area contributed by atoms with E-state index in [1.54, 1.807) is 0 Å². The van der Waals surface area contributed by atoms with Gasteiger partial charge in [-0.25, -0.2) is 5.43 Å². The largest absolute Gasteiger partial charge is 0.461 e. The summed E-state index contributed by atoms with van der Waals surface area (Å²) in [6.45, 7) is 0.261. The number of nitrogens with one attached hydrogen (secondary N) is 1. The molecule has 2 aromatic rings. The number of esters is 1. The van der Waals surface area contributed by atoms with Crippen LogP contribution in [0.25, 0.3) is 0 Å². The molecule has 0 fully saturated rings. The number of ether oxygens (including phenoxy) is 1. The molecule has 1 N–H and O–H groups in total. The number of hydrogen-bond donors (Lipinski definition) is 1. The maximum Gasteiger partial charge on any atom is 0.306 e. The predicted octanol–water partition coefficient (Wildman–Crippen LogP) is 2.98. The summed E-state index contributed by atoms with van der Waals surface area (Å²) < 4.78 is 5.32. The molecule has 25 heavy (non-hydrogen) atoms. The van der Waals surface area contributed by atoms with Crippen molar-refractivity contribution in [3.63, 3.8) is 0 Å². The number of amides is 1. The van der Waals surface area contributed by atoms with Crippen LogP contribution in [0.5, 0.6) is 0 Å². The summed E-state index contributed by atoms with van der Waals surface area (Å²) in [7, 11) is 0. The Bertz CT molecular complexity index is 767. The first-order valence-electron chi connectivity index (χ1n) is 8.35. The van der Waals surface area contributed by atoms with E-state index in [-0.39, 0.29) is 18.5 Å². The van der Waals surface area contributed by atoms with Gasteiger partial charge in [-0.05, 0) is 23.1 Å². The molecule has 128 valence electrons. The number of hydrazone groups is 1. The number of hydrogen-bond acceptors (Lipinski definition) is 4. The van der Waals surface area contributed by atoms with Crippen molar-refractivity contribution in [2.45, 2.75) is 32.3 Å². The van der Waals surface area contributed by atoms with Gasteiger partial charge in [0.15, 0.2) is 0 Å². The quantitative estimate of drug-likeness (QED) is 0.825. The van der Waals surface area contributed by atoms with Crippen molar-refractivity contribution >= 4 is 17.6 Å². The molecule has 1 aliphatic heterocycles. The van der Waals surface area contributed by atoms with Crippen LogP contribution in [0.15, 0.2) is 59.7 Å². The van der Waals surface area contributed by atoms with Gasteiger partial charge in [-0.15, -0.1) is 0 Å². The van der Waals surface area contributed by atoms with Crippen molar-refractivity contribution < 1.29 is 14.3 Å². The maximum atomic E-state index is 11.9. The average molecular weight is 336 g/mol. The van der Waals surface area contributed by atoms with Gasteiger partial charge in [0.1, 0.15) is 6.61 Å². The van der Waals surface area contributed by atoms with Crippen molar-refractivity contribution in [1.82, 2.24) is 5.43 Å². The Kier molecular flexibility index (Phi) is 5.57. The molecule has 0 spiro atoms. The van der Waals surface area contributed by atoms with Crippen molar-refractivity contribution in [2.24, 2.45) is 5.10 Å². The Morgan fingerprint density at radius 3 is 2.44 bits per heavy atom. The van der Waals surface area contributed by atoms with Gasteiger partial charge < -0.3 is 4.74 Å². The number of nitrogens with zero attached hydrogens (tertiary/aromatic N) is 1. The van der Waals surface area contributed by atoms with E-state index in [2.05, 4.69) is 10.5 Å². The minimum atomic E-state index is -0.202. The molecular weight excluding hydrogens is 316 g/mol. The molecule has 3 rings (SSSR count). The van der Waals surface area contributed by atoms with E-state index in [4.69, 9.17) is 4.74 Å². The number of carbonyl (C=O) groups excluding carboxylic acids is 2. The molecule has 0 unspecified atom stereocenters. The van der Waals surface area contributed by atoms with Crippen LogP contribution in [0, 0.1) is 0 Å². The normalized spacial score (nSPS) is 13.8. The second-order valence-electron chi connectivity index (χ2n) is 5.94. The van der Waals surface area contributed by atoms with Gasteiger partial charge >= 0.3 is 5.97 Å². The molecule has 1 heterocycles. The lowest BCUT2D eigenvalue weighted by atomic mass is 10.0. The summed E-state index contributed by atoms with van der Waals surface area (Å²) in [5.74, 6) is -0.255. The highest BCUT2D eigenvalue weighted by molar-refractivity contribution is 6.04. The Morgan fingerprint density at radius 1 is 1.00 bits per heavy atom. The molecule has 0 bridgehead atoms. The zero-order valence-corrected chi connectivity index (χ0v) is 13.9. The van der Waals surface area contributed by atoms with Crippen LogP contribution in [-0.4, -0.2) is 17.6 Å². The highest BCUT2D eigenvalue weighted by Gasteiger charge is 2.13. The highest BCUT2D eigenvalue weighted by atomic mass is 16.5. The fourth-order valence-electron chi connectivity index (χ4n) is 2.60. The minimum Gasteiger partial charge on any atom is -0.461 e. The van der Waals surface area contributed by atoms with E-state index in [0.717, 1.165) is 22.4 Å². The topological polar surface area (TPSA) is 67.8 Å². The second kappa shape index (κ2) is 8.24. The third-order valence-corrected chi connectivity index (χ3v) is 4.05. The third kappa shape index (κ3) is 5.01. The van der Waals surface area contributed by atoms with Gasteiger partial charge in [0.2, 0.25) is 5.91 Å². The Balaban J connectivity index is 1.47. The van der Waals surface area contributed by atoms with Gasteiger partial charge in [0.25, 0.3) is 0 Å². The second-order valence-corrected chi connectivity index (χ2v) is 5.94. The SMILES string of the molecule is O=C1CCC(c2ccc(COC(=O)CCc3ccccc3)cc2)=NN1. The molecule has 0 saturated carbocycles. The van der Waals surface area contributed by atoms with Crippen molar-refractivity contribution in [3.8, 4) is 0 Å². The van der Waals surface area contributed by atoms with Gasteiger partial charge in [-0.3, -0.25) is 9.59 Å². The molecule has 0 aromatic heterocycles. The van der Waals surface area contributed by atoms with Crippen LogP contribution in [-0.2, 0) is 27.4 Å². The summed E-state index contributed by atoms with van der Waals surface area (Å²) in [6.07, 6.45) is 2.15. The van der Waals surface area contributed by atoms with E-state index >= 15 is 0 Å². The van der Waals surface area contributed by atoms with Crippen molar-refractivity contribution in [3.05, 3.63) is 71.3 Å². The molecule has 5 nitrogen and oxygen atoms in total. The molecule has 0 saturated heterocycles. The predicted molar refractivity (Wildman–Crippen MR) is 94.9 cm³/mol. The van der Waals surface area contributed by atoms with Gasteiger partial charge in [-0.1, -0.05) is 54.6 Å². The van der Waals surface area contributed by atoms with E-state index in [9.17, 15) is 9.59 Å². The molecule has 1 aliphatic rings. The lowest BCUT2D eigenvalue weighted by molar-refractivity contribution is -0.144.